The molecule has 2 heterocycles. The second-order valence-corrected chi connectivity index (χ2v) is 6.31. The minimum atomic E-state index is -0.990. The molecule has 0 spiro atoms. The monoisotopic (exact) mass is 369 g/mol. The van der Waals surface area contributed by atoms with Gasteiger partial charge >= 0.3 is 5.97 Å². The van der Waals surface area contributed by atoms with Crippen molar-refractivity contribution >= 4 is 23.7 Å². The van der Waals surface area contributed by atoms with Crippen LogP contribution in [0.1, 0.15) is 5.56 Å². The normalized spacial score (nSPS) is 15.4. The fourth-order valence-corrected chi connectivity index (χ4v) is 3.05. The Hall–Kier alpha value is -2.97. The number of hydrogen-bond acceptors (Lipinski definition) is 7. The quantitative estimate of drug-likeness (QED) is 0.644. The zero-order valence-electron chi connectivity index (χ0n) is 15.0. The van der Waals surface area contributed by atoms with E-state index in [-0.39, 0.29) is 6.61 Å². The molecule has 0 unspecified atom stereocenters. The zero-order valence-corrected chi connectivity index (χ0v) is 15.0. The van der Waals surface area contributed by atoms with Crippen molar-refractivity contribution in [1.29, 1.82) is 0 Å². The van der Waals surface area contributed by atoms with Gasteiger partial charge in [0.15, 0.2) is 11.6 Å². The van der Waals surface area contributed by atoms with Crippen LogP contribution in [0, 0.1) is 0 Å². The third-order valence-electron chi connectivity index (χ3n) is 4.47. The molecule has 2 aromatic rings. The maximum Gasteiger partial charge on any atom is 0.328 e. The summed E-state index contributed by atoms with van der Waals surface area (Å²) in [4.78, 5) is 24.0. The smallest absolute Gasteiger partial charge is 0.328 e. The topological polar surface area (TPSA) is 116 Å². The van der Waals surface area contributed by atoms with Crippen LogP contribution in [0.5, 0.6) is 0 Å². The molecule has 0 saturated carbocycles. The molecule has 1 aliphatic heterocycles. The van der Waals surface area contributed by atoms with Gasteiger partial charge in [0.1, 0.15) is 0 Å². The minimum Gasteiger partial charge on any atom is -0.478 e. The van der Waals surface area contributed by atoms with Gasteiger partial charge in [-0.2, -0.15) is 0 Å². The third kappa shape index (κ3) is 4.81. The number of rotatable bonds is 6. The third-order valence-corrected chi connectivity index (χ3v) is 4.47. The summed E-state index contributed by atoms with van der Waals surface area (Å²) >= 11 is 0. The standard InChI is InChI=1S/C19H23N5O3/c20-18-19(24-8-6-23(7-9-24)10-11-25)22-16(13-21-18)15-3-1-2-14(12-15)4-5-17(26)27/h1-5,12-13,25H,6-11H2,(H2,20,21)(H,26,27)/b5-4+. The number of nitrogen functional groups attached to an aromatic ring is 1. The van der Waals surface area contributed by atoms with Crippen LogP contribution in [-0.2, 0) is 4.79 Å². The molecule has 1 aromatic carbocycles. The number of hydrogen-bond donors (Lipinski definition) is 3. The van der Waals surface area contributed by atoms with Crippen molar-refractivity contribution < 1.29 is 15.0 Å². The van der Waals surface area contributed by atoms with Gasteiger partial charge < -0.3 is 20.8 Å². The van der Waals surface area contributed by atoms with Crippen LogP contribution in [0.3, 0.4) is 0 Å². The van der Waals surface area contributed by atoms with Gasteiger partial charge in [-0.1, -0.05) is 18.2 Å². The summed E-state index contributed by atoms with van der Waals surface area (Å²) in [6.45, 7) is 4.03. The summed E-state index contributed by atoms with van der Waals surface area (Å²) in [5.41, 5.74) is 8.35. The van der Waals surface area contributed by atoms with Crippen molar-refractivity contribution in [2.45, 2.75) is 0 Å². The van der Waals surface area contributed by atoms with Gasteiger partial charge in [0.05, 0.1) is 18.5 Å². The van der Waals surface area contributed by atoms with Crippen molar-refractivity contribution in [3.8, 4) is 11.3 Å². The lowest BCUT2D eigenvalue weighted by molar-refractivity contribution is -0.131. The average Bonchev–Trinajstić information content (AvgIpc) is 2.68. The average molecular weight is 369 g/mol. The summed E-state index contributed by atoms with van der Waals surface area (Å²) < 4.78 is 0. The Morgan fingerprint density at radius 2 is 2.04 bits per heavy atom. The summed E-state index contributed by atoms with van der Waals surface area (Å²) in [6.07, 6.45) is 4.27. The number of benzene rings is 1. The van der Waals surface area contributed by atoms with Crippen LogP contribution in [0.15, 0.2) is 36.5 Å². The van der Waals surface area contributed by atoms with Crippen molar-refractivity contribution in [3.05, 3.63) is 42.1 Å². The van der Waals surface area contributed by atoms with E-state index >= 15 is 0 Å². The highest BCUT2D eigenvalue weighted by Crippen LogP contribution is 2.25. The maximum absolute atomic E-state index is 10.7. The van der Waals surface area contributed by atoms with Gasteiger partial charge in [0.25, 0.3) is 0 Å². The Labute approximate surface area is 157 Å². The molecule has 1 fully saturated rings. The van der Waals surface area contributed by atoms with Crippen LogP contribution in [0.2, 0.25) is 0 Å². The first-order valence-electron chi connectivity index (χ1n) is 8.79. The predicted molar refractivity (Wildman–Crippen MR) is 104 cm³/mol. The Bertz CT molecular complexity index is 832. The van der Waals surface area contributed by atoms with E-state index in [0.29, 0.717) is 23.9 Å². The number of anilines is 2. The number of carboxylic acids is 1. The fourth-order valence-electron chi connectivity index (χ4n) is 3.05. The van der Waals surface area contributed by atoms with E-state index in [1.165, 1.54) is 6.08 Å². The van der Waals surface area contributed by atoms with E-state index in [1.54, 1.807) is 6.20 Å². The maximum atomic E-state index is 10.7. The molecule has 1 aliphatic rings. The zero-order chi connectivity index (χ0) is 19.2. The molecular weight excluding hydrogens is 346 g/mol. The molecule has 0 amide bonds. The van der Waals surface area contributed by atoms with Gasteiger partial charge in [-0.05, 0) is 17.7 Å². The SMILES string of the molecule is Nc1ncc(-c2cccc(/C=C/C(=O)O)c2)nc1N1CCN(CCO)CC1. The van der Waals surface area contributed by atoms with E-state index in [2.05, 4.69) is 14.8 Å². The summed E-state index contributed by atoms with van der Waals surface area (Å²) in [5, 5.41) is 17.8. The minimum absolute atomic E-state index is 0.157. The van der Waals surface area contributed by atoms with E-state index < -0.39 is 5.97 Å². The van der Waals surface area contributed by atoms with Gasteiger partial charge in [-0.25, -0.2) is 14.8 Å². The lowest BCUT2D eigenvalue weighted by Crippen LogP contribution is -2.47. The van der Waals surface area contributed by atoms with E-state index in [0.717, 1.165) is 43.4 Å². The first kappa shape index (κ1) is 18.8. The molecular formula is C19H23N5O3. The summed E-state index contributed by atoms with van der Waals surface area (Å²) in [5.74, 6) is 0.0502. The highest BCUT2D eigenvalue weighted by molar-refractivity contribution is 5.85. The summed E-state index contributed by atoms with van der Waals surface area (Å²) in [7, 11) is 0. The predicted octanol–water partition coefficient (Wildman–Crippen LogP) is 0.938. The van der Waals surface area contributed by atoms with Crippen LogP contribution in [-0.4, -0.2) is 70.4 Å². The van der Waals surface area contributed by atoms with Crippen LogP contribution in [0.4, 0.5) is 11.6 Å². The number of aliphatic hydroxyl groups excluding tert-OH is 1. The second kappa shape index (κ2) is 8.61. The van der Waals surface area contributed by atoms with Crippen molar-refractivity contribution in [1.82, 2.24) is 14.9 Å². The molecule has 0 bridgehead atoms. The summed E-state index contributed by atoms with van der Waals surface area (Å²) in [6, 6.07) is 7.45. The van der Waals surface area contributed by atoms with Gasteiger partial charge in [-0.3, -0.25) is 4.90 Å². The molecule has 0 aliphatic carbocycles. The highest BCUT2D eigenvalue weighted by Gasteiger charge is 2.20. The number of nitrogens with two attached hydrogens (primary N) is 1. The van der Waals surface area contributed by atoms with Crippen molar-refractivity contribution in [3.63, 3.8) is 0 Å². The molecule has 1 aromatic heterocycles. The molecule has 4 N–H and O–H groups in total. The Morgan fingerprint density at radius 1 is 1.26 bits per heavy atom. The number of carboxylic acid groups (broad SMARTS) is 1. The second-order valence-electron chi connectivity index (χ2n) is 6.31. The fraction of sp³-hybridized carbons (Fsp3) is 0.316. The van der Waals surface area contributed by atoms with E-state index in [4.69, 9.17) is 20.9 Å². The molecule has 0 radical (unpaired) electrons. The lowest BCUT2D eigenvalue weighted by Gasteiger charge is -2.35. The van der Waals surface area contributed by atoms with Crippen LogP contribution < -0.4 is 10.6 Å². The molecule has 27 heavy (non-hydrogen) atoms. The highest BCUT2D eigenvalue weighted by atomic mass is 16.4. The van der Waals surface area contributed by atoms with Crippen molar-refractivity contribution in [2.75, 3.05) is 50.0 Å². The van der Waals surface area contributed by atoms with Gasteiger partial charge in [-0.15, -0.1) is 0 Å². The van der Waals surface area contributed by atoms with Gasteiger partial charge in [0, 0.05) is 44.4 Å². The molecule has 0 atom stereocenters. The van der Waals surface area contributed by atoms with Crippen molar-refractivity contribution in [2.24, 2.45) is 0 Å². The number of β-amino-alcohol motifs (C(OH)–C–C–N with tert-alkyl or cyclic N) is 1. The first-order chi connectivity index (χ1) is 13.1. The molecule has 3 rings (SSSR count). The Morgan fingerprint density at radius 3 is 2.74 bits per heavy atom. The molecule has 8 nitrogen and oxygen atoms in total. The number of aromatic nitrogens is 2. The Kier molecular flexibility index (Phi) is 6.00. The molecule has 1 saturated heterocycles. The number of aliphatic hydroxyl groups is 1. The first-order valence-corrected chi connectivity index (χ1v) is 8.79. The molecule has 8 heteroatoms. The van der Waals surface area contributed by atoms with E-state index in [1.807, 2.05) is 24.3 Å². The van der Waals surface area contributed by atoms with Gasteiger partial charge in [0.2, 0.25) is 0 Å². The lowest BCUT2D eigenvalue weighted by atomic mass is 10.1. The van der Waals surface area contributed by atoms with Crippen LogP contribution in [0.25, 0.3) is 17.3 Å². The molecule has 142 valence electrons. The Balaban J connectivity index is 1.82. The number of carbonyl (C=O) groups is 1. The van der Waals surface area contributed by atoms with Crippen LogP contribution >= 0.6 is 0 Å². The number of aliphatic carboxylic acids is 1. The largest absolute Gasteiger partial charge is 0.478 e. The number of nitrogens with zero attached hydrogens (tertiary/aromatic N) is 4. The number of piperazine rings is 1. The van der Waals surface area contributed by atoms with E-state index in [9.17, 15) is 4.79 Å².